The van der Waals surface area contributed by atoms with Gasteiger partial charge in [-0.25, -0.2) is 9.59 Å². The maximum atomic E-state index is 14.2. The van der Waals surface area contributed by atoms with Crippen LogP contribution in [0.15, 0.2) is 71.8 Å². The zero-order valence-electron chi connectivity index (χ0n) is 26.5. The number of ether oxygens (including phenoxy) is 2. The Balaban J connectivity index is 1.53. The van der Waals surface area contributed by atoms with Gasteiger partial charge in [0, 0.05) is 22.0 Å². The van der Waals surface area contributed by atoms with Gasteiger partial charge < -0.3 is 9.47 Å². The summed E-state index contributed by atoms with van der Waals surface area (Å²) in [6.45, 7) is 16.0. The number of hydrogen-bond acceptors (Lipinski definition) is 4. The first-order valence-electron chi connectivity index (χ1n) is 15.8. The zero-order valence-corrected chi connectivity index (χ0v) is 26.5. The molecule has 3 aliphatic carbocycles. The van der Waals surface area contributed by atoms with Crippen LogP contribution in [0.5, 0.6) is 0 Å². The summed E-state index contributed by atoms with van der Waals surface area (Å²) in [5, 5.41) is 0. The Labute approximate surface area is 252 Å². The third-order valence-corrected chi connectivity index (χ3v) is 11.3. The van der Waals surface area contributed by atoms with Gasteiger partial charge in [-0.05, 0) is 101 Å². The van der Waals surface area contributed by atoms with E-state index in [1.165, 1.54) is 30.4 Å². The normalized spacial score (nSPS) is 27.5. The molecule has 1 fully saturated rings. The van der Waals surface area contributed by atoms with E-state index in [0.717, 1.165) is 55.2 Å². The molecule has 224 valence electrons. The van der Waals surface area contributed by atoms with Crippen LogP contribution >= 0.6 is 0 Å². The van der Waals surface area contributed by atoms with E-state index in [4.69, 9.17) is 9.47 Å². The van der Waals surface area contributed by atoms with Gasteiger partial charge in [-0.1, -0.05) is 87.4 Å². The molecule has 0 N–H and O–H groups in total. The van der Waals surface area contributed by atoms with Crippen LogP contribution in [0.4, 0.5) is 0 Å². The predicted octanol–water partition coefficient (Wildman–Crippen LogP) is 9.06. The first kappa shape index (κ1) is 30.3. The lowest BCUT2D eigenvalue weighted by Crippen LogP contribution is -2.52. The molecule has 2 unspecified atom stereocenters. The average Bonchev–Trinajstić information content (AvgIpc) is 2.92. The number of benzene rings is 2. The lowest BCUT2D eigenvalue weighted by molar-refractivity contribution is -0.187. The third-order valence-electron chi connectivity index (χ3n) is 11.3. The van der Waals surface area contributed by atoms with Gasteiger partial charge in [0.05, 0.1) is 0 Å². The van der Waals surface area contributed by atoms with Crippen molar-refractivity contribution in [3.63, 3.8) is 0 Å². The first-order valence-corrected chi connectivity index (χ1v) is 15.8. The molecule has 42 heavy (non-hydrogen) atoms. The van der Waals surface area contributed by atoms with Gasteiger partial charge >= 0.3 is 11.9 Å². The van der Waals surface area contributed by atoms with Crippen molar-refractivity contribution in [2.24, 2.45) is 10.8 Å². The largest absolute Gasteiger partial charge is 0.451 e. The second-order valence-electron chi connectivity index (χ2n) is 14.1. The van der Waals surface area contributed by atoms with Crippen molar-refractivity contribution in [2.45, 2.75) is 117 Å². The molecule has 0 aromatic heterocycles. The molecule has 0 heterocycles. The van der Waals surface area contributed by atoms with Crippen LogP contribution in [0.2, 0.25) is 0 Å². The Hall–Kier alpha value is -3.14. The average molecular weight is 569 g/mol. The summed E-state index contributed by atoms with van der Waals surface area (Å²) in [6.07, 6.45) is 9.97. The molecular weight excluding hydrogens is 520 g/mol. The molecule has 2 atom stereocenters. The summed E-state index contributed by atoms with van der Waals surface area (Å²) in [4.78, 5) is 27.0. The molecule has 0 saturated heterocycles. The number of fused-ring (bicyclic) bond motifs is 2. The van der Waals surface area contributed by atoms with Crippen molar-refractivity contribution in [1.29, 1.82) is 0 Å². The van der Waals surface area contributed by atoms with E-state index in [9.17, 15) is 9.59 Å². The van der Waals surface area contributed by atoms with Crippen molar-refractivity contribution in [3.8, 4) is 0 Å². The topological polar surface area (TPSA) is 52.6 Å². The molecule has 0 aliphatic heterocycles. The number of carbonyl (C=O) groups excluding carboxylic acids is 2. The Kier molecular flexibility index (Phi) is 8.06. The van der Waals surface area contributed by atoms with Crippen LogP contribution in [0, 0.1) is 10.8 Å². The van der Waals surface area contributed by atoms with Crippen molar-refractivity contribution in [2.75, 3.05) is 0 Å². The molecule has 1 saturated carbocycles. The Bertz CT molecular complexity index is 1420. The van der Waals surface area contributed by atoms with E-state index < -0.39 is 16.6 Å². The zero-order chi connectivity index (χ0) is 30.3. The van der Waals surface area contributed by atoms with Crippen LogP contribution in [-0.2, 0) is 43.1 Å². The molecule has 3 aliphatic rings. The van der Waals surface area contributed by atoms with Gasteiger partial charge in [0.1, 0.15) is 11.2 Å². The van der Waals surface area contributed by atoms with E-state index >= 15 is 0 Å². The van der Waals surface area contributed by atoms with Crippen molar-refractivity contribution >= 4 is 11.9 Å². The van der Waals surface area contributed by atoms with Gasteiger partial charge in [-0.2, -0.15) is 0 Å². The van der Waals surface area contributed by atoms with Gasteiger partial charge in [-0.15, -0.1) is 0 Å². The third kappa shape index (κ3) is 5.05. The molecule has 5 rings (SSSR count). The van der Waals surface area contributed by atoms with E-state index in [-0.39, 0.29) is 17.4 Å². The second-order valence-corrected chi connectivity index (χ2v) is 14.1. The second kappa shape index (κ2) is 11.2. The van der Waals surface area contributed by atoms with E-state index in [1.807, 2.05) is 26.0 Å². The number of hydrogen-bond donors (Lipinski definition) is 0. The maximum Gasteiger partial charge on any atom is 0.334 e. The van der Waals surface area contributed by atoms with Gasteiger partial charge in [0.25, 0.3) is 0 Å². The van der Waals surface area contributed by atoms with Gasteiger partial charge in [0.2, 0.25) is 0 Å². The highest BCUT2D eigenvalue weighted by atomic mass is 16.6. The van der Waals surface area contributed by atoms with Crippen LogP contribution in [-0.4, -0.2) is 11.9 Å². The minimum absolute atomic E-state index is 0.00533. The SMILES string of the molecule is C=C(C)C(=O)OC1(C)c2ccccc2C/C(=C(/C)C(=O)OC2(C)c3ccccc3CCCCC23CCC3)CCC1(C)C. The highest BCUT2D eigenvalue weighted by Gasteiger charge is 2.56. The van der Waals surface area contributed by atoms with Crippen molar-refractivity contribution < 1.29 is 19.1 Å². The molecule has 0 bridgehead atoms. The summed E-state index contributed by atoms with van der Waals surface area (Å²) in [7, 11) is 0. The summed E-state index contributed by atoms with van der Waals surface area (Å²) in [5.41, 5.74) is 4.85. The smallest absolute Gasteiger partial charge is 0.334 e. The number of esters is 2. The van der Waals surface area contributed by atoms with Gasteiger partial charge in [-0.3, -0.25) is 0 Å². The van der Waals surface area contributed by atoms with E-state index in [1.54, 1.807) is 6.92 Å². The number of rotatable bonds is 4. The molecule has 4 nitrogen and oxygen atoms in total. The van der Waals surface area contributed by atoms with Crippen LogP contribution < -0.4 is 0 Å². The molecule has 2 aromatic rings. The molecule has 0 radical (unpaired) electrons. The van der Waals surface area contributed by atoms with Crippen LogP contribution in [0.1, 0.15) is 115 Å². The predicted molar refractivity (Wildman–Crippen MR) is 168 cm³/mol. The Morgan fingerprint density at radius 2 is 1.26 bits per heavy atom. The highest BCUT2D eigenvalue weighted by Crippen LogP contribution is 2.60. The Morgan fingerprint density at radius 3 is 1.88 bits per heavy atom. The highest BCUT2D eigenvalue weighted by molar-refractivity contribution is 5.89. The number of carbonyl (C=O) groups is 2. The lowest BCUT2D eigenvalue weighted by atomic mass is 9.54. The number of aryl methyl sites for hydroxylation is 1. The summed E-state index contributed by atoms with van der Waals surface area (Å²) in [6, 6.07) is 16.8. The number of allylic oxidation sites excluding steroid dienone is 1. The fraction of sp³-hybridized carbons (Fsp3) is 0.526. The van der Waals surface area contributed by atoms with Crippen molar-refractivity contribution in [3.05, 3.63) is 94.1 Å². The molecule has 0 amide bonds. The van der Waals surface area contributed by atoms with E-state index in [0.29, 0.717) is 17.6 Å². The summed E-state index contributed by atoms with van der Waals surface area (Å²) < 4.78 is 13.0. The molecule has 1 spiro atoms. The maximum absolute atomic E-state index is 14.2. The molecule has 2 aromatic carbocycles. The minimum atomic E-state index is -0.841. The van der Waals surface area contributed by atoms with Crippen LogP contribution in [0.3, 0.4) is 0 Å². The molecular formula is C38H48O4. The first-order chi connectivity index (χ1) is 19.8. The standard InChI is InChI=1S/C38H48O4/c1-26(2)33(39)41-36(6)32-19-11-9-17-30(32)25-29(20-24-35(36,4)5)27(3)34(40)42-37(7)31-18-10-8-15-28(31)16-12-13-21-38(37)22-14-23-38/h8-11,15,17-19H,1,12-14,16,20-25H2,2-7H3/b29-27-. The summed E-state index contributed by atoms with van der Waals surface area (Å²) in [5.74, 6) is -0.587. The fourth-order valence-electron chi connectivity index (χ4n) is 7.72. The van der Waals surface area contributed by atoms with Crippen LogP contribution in [0.25, 0.3) is 0 Å². The quantitative estimate of drug-likeness (QED) is 0.273. The minimum Gasteiger partial charge on any atom is -0.451 e. The summed E-state index contributed by atoms with van der Waals surface area (Å²) >= 11 is 0. The van der Waals surface area contributed by atoms with E-state index in [2.05, 4.69) is 63.7 Å². The molecule has 4 heteroatoms. The lowest BCUT2D eigenvalue weighted by Gasteiger charge is -2.55. The monoisotopic (exact) mass is 568 g/mol. The fourth-order valence-corrected chi connectivity index (χ4v) is 7.72. The van der Waals surface area contributed by atoms with Crippen molar-refractivity contribution in [1.82, 2.24) is 0 Å². The van der Waals surface area contributed by atoms with Gasteiger partial charge in [0.15, 0.2) is 0 Å². The Morgan fingerprint density at radius 1 is 0.690 bits per heavy atom.